The first-order chi connectivity index (χ1) is 18.8. The maximum atomic E-state index is 12.6. The summed E-state index contributed by atoms with van der Waals surface area (Å²) in [6.45, 7) is 1.37. The van der Waals surface area contributed by atoms with Crippen LogP contribution in [0.5, 0.6) is 5.75 Å². The first-order valence-electron chi connectivity index (χ1n) is 13.1. The zero-order chi connectivity index (χ0) is 28.9. The number of likely N-dealkylation sites (tertiary alicyclic amines) is 1. The van der Waals surface area contributed by atoms with E-state index in [1.54, 1.807) is 18.4 Å². The average Bonchev–Trinajstić information content (AvgIpc) is 3.40. The number of ketones is 1. The number of nitrogens with zero attached hydrogens (tertiary/aromatic N) is 1. The van der Waals surface area contributed by atoms with Crippen molar-refractivity contribution in [3.8, 4) is 5.75 Å². The van der Waals surface area contributed by atoms with Crippen molar-refractivity contribution in [3.63, 3.8) is 0 Å². The van der Waals surface area contributed by atoms with Crippen LogP contribution in [0.2, 0.25) is 0 Å². The number of fused-ring (bicyclic) bond motifs is 1. The molecule has 0 spiro atoms. The third-order valence-electron chi connectivity index (χ3n) is 9.02. The number of hydrogen-bond donors (Lipinski definition) is 3. The van der Waals surface area contributed by atoms with Gasteiger partial charge in [0.1, 0.15) is 39.8 Å². The maximum absolute atomic E-state index is 12.6. The number of furan rings is 1. The van der Waals surface area contributed by atoms with E-state index in [2.05, 4.69) is 7.05 Å². The Balaban J connectivity index is 0.000000274. The molecule has 40 heavy (non-hydrogen) atoms. The lowest BCUT2D eigenvalue weighted by atomic mass is 9.48. The molecule has 0 radical (unpaired) electrons. The number of amides is 1. The van der Waals surface area contributed by atoms with Crippen LogP contribution in [0.1, 0.15) is 52.9 Å². The predicted octanol–water partition coefficient (Wildman–Crippen LogP) is 2.37. The lowest BCUT2D eigenvalue weighted by Crippen LogP contribution is -2.77. The number of primary amides is 1. The lowest BCUT2D eigenvalue weighted by Gasteiger charge is -2.64. The van der Waals surface area contributed by atoms with Crippen LogP contribution in [0.25, 0.3) is 0 Å². The topological polar surface area (TPSA) is 171 Å². The van der Waals surface area contributed by atoms with Crippen LogP contribution in [-0.4, -0.2) is 64.6 Å². The average molecular weight is 569 g/mol. The van der Waals surface area contributed by atoms with Crippen molar-refractivity contribution in [3.05, 3.63) is 83.3 Å². The van der Waals surface area contributed by atoms with Crippen LogP contribution < -0.4 is 5.73 Å². The normalized spacial score (nSPS) is 29.0. The number of aliphatic hydroxyl groups is 1. The van der Waals surface area contributed by atoms with Gasteiger partial charge in [0.05, 0.1) is 30.3 Å². The first-order valence-corrected chi connectivity index (χ1v) is 14.5. The summed E-state index contributed by atoms with van der Waals surface area (Å²) in [6, 6.07) is 14.2. The van der Waals surface area contributed by atoms with Crippen LogP contribution in [0.3, 0.4) is 0 Å². The van der Waals surface area contributed by atoms with Crippen LogP contribution in [-0.2, 0) is 33.3 Å². The van der Waals surface area contributed by atoms with E-state index in [9.17, 15) is 32.8 Å². The zero-order valence-corrected chi connectivity index (χ0v) is 22.9. The Morgan fingerprint density at radius 2 is 1.88 bits per heavy atom. The number of benzene rings is 2. The summed E-state index contributed by atoms with van der Waals surface area (Å²) in [6.07, 6.45) is 3.58. The molecule has 1 saturated carbocycles. The van der Waals surface area contributed by atoms with E-state index in [1.165, 1.54) is 24.3 Å². The van der Waals surface area contributed by atoms with Gasteiger partial charge in [-0.2, -0.15) is 0 Å². The predicted molar refractivity (Wildman–Crippen MR) is 142 cm³/mol. The summed E-state index contributed by atoms with van der Waals surface area (Å²) in [5, 5.41) is 23.3. The lowest BCUT2D eigenvalue weighted by molar-refractivity contribution is -0.961. The Bertz CT molecular complexity index is 1560. The molecule has 4 atom stereocenters. The number of likely N-dealkylation sites (N-methyl/N-ethyl adjacent to an activating group) is 1. The molecular weight excluding hydrogens is 536 g/mol. The highest BCUT2D eigenvalue weighted by atomic mass is 32.2. The van der Waals surface area contributed by atoms with Gasteiger partial charge >= 0.3 is 0 Å². The van der Waals surface area contributed by atoms with Crippen molar-refractivity contribution in [1.82, 2.24) is 0 Å². The minimum Gasteiger partial charge on any atom is -0.744 e. The number of nitrogens with two attached hydrogens (primary N) is 1. The molecular formula is C29H32N2O8S. The largest absolute Gasteiger partial charge is 0.744 e. The van der Waals surface area contributed by atoms with Crippen molar-refractivity contribution in [2.24, 2.45) is 5.73 Å². The molecule has 1 unspecified atom stereocenters. The van der Waals surface area contributed by atoms with Crippen molar-refractivity contribution < 1.29 is 41.7 Å². The molecule has 212 valence electrons. The van der Waals surface area contributed by atoms with Gasteiger partial charge in [0.2, 0.25) is 0 Å². The number of carbonyl (C=O) groups excluding carboxylic acids is 2. The van der Waals surface area contributed by atoms with Gasteiger partial charge < -0.3 is 29.4 Å². The maximum Gasteiger partial charge on any atom is 0.252 e. The molecule has 3 aliphatic rings. The van der Waals surface area contributed by atoms with E-state index in [-0.39, 0.29) is 34.5 Å². The highest BCUT2D eigenvalue weighted by Gasteiger charge is 2.70. The van der Waals surface area contributed by atoms with E-state index in [4.69, 9.17) is 10.2 Å². The molecule has 2 heterocycles. The number of carbonyl (C=O) groups is 2. The summed E-state index contributed by atoms with van der Waals surface area (Å²) in [5.41, 5.74) is 4.88. The third-order valence-corrected chi connectivity index (χ3v) is 9.87. The van der Waals surface area contributed by atoms with Gasteiger partial charge in [-0.15, -0.1) is 0 Å². The Hall–Kier alpha value is -3.51. The number of aromatic hydroxyl groups is 1. The zero-order valence-electron chi connectivity index (χ0n) is 22.1. The van der Waals surface area contributed by atoms with E-state index < -0.39 is 27.0 Å². The highest BCUT2D eigenvalue weighted by molar-refractivity contribution is 7.85. The molecule has 1 saturated heterocycles. The molecule has 6 rings (SSSR count). The quantitative estimate of drug-likeness (QED) is 0.318. The van der Waals surface area contributed by atoms with Gasteiger partial charge in [-0.05, 0) is 42.3 Å². The van der Waals surface area contributed by atoms with Crippen molar-refractivity contribution in [2.45, 2.75) is 60.6 Å². The van der Waals surface area contributed by atoms with Gasteiger partial charge in [-0.25, -0.2) is 8.42 Å². The Kier molecular flexibility index (Phi) is 6.90. The van der Waals surface area contributed by atoms with E-state index >= 15 is 0 Å². The molecule has 2 fully saturated rings. The first kappa shape index (κ1) is 28.0. The van der Waals surface area contributed by atoms with Crippen LogP contribution in [0.15, 0.2) is 70.2 Å². The van der Waals surface area contributed by atoms with Crippen LogP contribution in [0.4, 0.5) is 0 Å². The number of quaternary nitrogens is 1. The van der Waals surface area contributed by atoms with Gasteiger partial charge in [-0.3, -0.25) is 9.59 Å². The molecule has 1 aliphatic heterocycles. The standard InChI is InChI=1S/C23H26N2O5.C6H6O3S/c1-25(13-16-3-2-10-30-16)9-8-22-12-15(26)6-7-23(22,29)18(25)11-14-4-5-17(21(24)28)20(27)19(14)22;7-10(8,9)6-4-2-1-3-5-6/h2-5,10,18,29H,6-9,11-13H2,1H3,(H2-,24,27,28);1-5H,(H,7,8,9)/t18-,22-,23-,25?;/m1./s1. The molecule has 2 aliphatic carbocycles. The van der Waals surface area contributed by atoms with Crippen molar-refractivity contribution in [1.29, 1.82) is 0 Å². The van der Waals surface area contributed by atoms with Crippen molar-refractivity contribution in [2.75, 3.05) is 13.6 Å². The monoisotopic (exact) mass is 568 g/mol. The third kappa shape index (κ3) is 4.52. The molecule has 3 aromatic rings. The summed E-state index contributed by atoms with van der Waals surface area (Å²) in [7, 11) is -2.12. The number of hydrogen-bond acceptors (Lipinski definition) is 8. The molecule has 1 amide bonds. The fraction of sp³-hybridized carbons (Fsp3) is 0.379. The Labute approximate surface area is 232 Å². The molecule has 10 nitrogen and oxygen atoms in total. The summed E-state index contributed by atoms with van der Waals surface area (Å²) < 4.78 is 37.0. The molecule has 2 aromatic carbocycles. The Morgan fingerprint density at radius 3 is 2.48 bits per heavy atom. The Morgan fingerprint density at radius 1 is 1.15 bits per heavy atom. The van der Waals surface area contributed by atoms with Crippen LogP contribution >= 0.6 is 0 Å². The number of piperidine rings is 1. The van der Waals surface area contributed by atoms with Gasteiger partial charge in [-0.1, -0.05) is 24.3 Å². The fourth-order valence-corrected chi connectivity index (χ4v) is 7.64. The second-order valence-corrected chi connectivity index (χ2v) is 12.6. The van der Waals surface area contributed by atoms with Gasteiger partial charge in [0.15, 0.2) is 5.76 Å². The van der Waals surface area contributed by atoms with E-state index in [0.29, 0.717) is 42.3 Å². The van der Waals surface area contributed by atoms with Gasteiger partial charge in [0.25, 0.3) is 5.91 Å². The summed E-state index contributed by atoms with van der Waals surface area (Å²) >= 11 is 0. The molecule has 11 heteroatoms. The van der Waals surface area contributed by atoms with E-state index in [1.807, 2.05) is 18.2 Å². The smallest absolute Gasteiger partial charge is 0.252 e. The minimum atomic E-state index is -4.25. The van der Waals surface area contributed by atoms with Crippen molar-refractivity contribution >= 4 is 21.8 Å². The summed E-state index contributed by atoms with van der Waals surface area (Å²) in [5.74, 6) is 0.0537. The van der Waals surface area contributed by atoms with Crippen LogP contribution in [0, 0.1) is 0 Å². The molecule has 4 N–H and O–H groups in total. The molecule has 1 aromatic heterocycles. The second-order valence-electron chi connectivity index (χ2n) is 11.3. The number of phenols is 1. The number of Topliss-reactive ketones (excluding diaryl/α,β-unsaturated/α-hetero) is 1. The molecule has 2 bridgehead atoms. The van der Waals surface area contributed by atoms with Gasteiger partial charge in [0, 0.05) is 36.7 Å². The highest BCUT2D eigenvalue weighted by Crippen LogP contribution is 2.61. The second kappa shape index (κ2) is 9.84. The number of rotatable bonds is 4. The minimum absolute atomic E-state index is 0.0420. The SMILES string of the molecule is C[N+]1(Cc2ccco2)CC[C@]23CC(=O)CC[C@@]2(O)[C@H]1Cc1ccc(C(N)=O)c(O)c13.O=S(=O)([O-])c1ccccc1. The fourth-order valence-electron chi connectivity index (χ4n) is 7.15. The van der Waals surface area contributed by atoms with E-state index in [0.717, 1.165) is 17.9 Å². The summed E-state index contributed by atoms with van der Waals surface area (Å²) in [4.78, 5) is 24.3.